The molecule has 96 valence electrons. The van der Waals surface area contributed by atoms with Crippen molar-refractivity contribution in [3.63, 3.8) is 0 Å². The van der Waals surface area contributed by atoms with Crippen LogP contribution >= 0.6 is 11.8 Å². The Hall–Kier alpha value is -0.550. The fourth-order valence-electron chi connectivity index (χ4n) is 2.05. The van der Waals surface area contributed by atoms with Crippen molar-refractivity contribution in [3.8, 4) is 0 Å². The van der Waals surface area contributed by atoms with Gasteiger partial charge in [0.15, 0.2) is 5.82 Å². The van der Waals surface area contributed by atoms with Crippen LogP contribution in [0.3, 0.4) is 0 Å². The Bertz CT molecular complexity index is 336. The SMILES string of the molecule is CNC(C)c1nc(CSC2CCCCC2)no1. The quantitative estimate of drug-likeness (QED) is 0.876. The van der Waals surface area contributed by atoms with Crippen LogP contribution < -0.4 is 5.32 Å². The second kappa shape index (κ2) is 6.40. The highest BCUT2D eigenvalue weighted by molar-refractivity contribution is 7.99. The van der Waals surface area contributed by atoms with Crippen LogP contribution in [0.2, 0.25) is 0 Å². The molecule has 5 heteroatoms. The summed E-state index contributed by atoms with van der Waals surface area (Å²) in [5.74, 6) is 2.40. The van der Waals surface area contributed by atoms with E-state index in [2.05, 4.69) is 15.5 Å². The van der Waals surface area contributed by atoms with Gasteiger partial charge in [0, 0.05) is 5.25 Å². The summed E-state index contributed by atoms with van der Waals surface area (Å²) in [5.41, 5.74) is 0. The number of nitrogens with zero attached hydrogens (tertiary/aromatic N) is 2. The highest BCUT2D eigenvalue weighted by Crippen LogP contribution is 2.29. The lowest BCUT2D eigenvalue weighted by atomic mass is 10.0. The largest absolute Gasteiger partial charge is 0.338 e. The van der Waals surface area contributed by atoms with Crippen molar-refractivity contribution in [1.82, 2.24) is 15.5 Å². The second-order valence-electron chi connectivity index (χ2n) is 4.63. The predicted octanol–water partition coefficient (Wildman–Crippen LogP) is 2.92. The summed E-state index contributed by atoms with van der Waals surface area (Å²) in [6.07, 6.45) is 6.87. The van der Waals surface area contributed by atoms with Crippen molar-refractivity contribution in [2.45, 2.75) is 56.1 Å². The van der Waals surface area contributed by atoms with E-state index in [1.807, 2.05) is 25.7 Å². The molecule has 0 bridgehead atoms. The van der Waals surface area contributed by atoms with Crippen molar-refractivity contribution in [2.75, 3.05) is 7.05 Å². The number of hydrogen-bond acceptors (Lipinski definition) is 5. The summed E-state index contributed by atoms with van der Waals surface area (Å²) >= 11 is 1.98. The molecular formula is C12H21N3OS. The first-order valence-electron chi connectivity index (χ1n) is 6.41. The summed E-state index contributed by atoms with van der Waals surface area (Å²) < 4.78 is 5.22. The van der Waals surface area contributed by atoms with Gasteiger partial charge in [0.25, 0.3) is 0 Å². The zero-order chi connectivity index (χ0) is 12.1. The molecule has 1 fully saturated rings. The predicted molar refractivity (Wildman–Crippen MR) is 69.9 cm³/mol. The molecule has 1 aromatic rings. The number of hydrogen-bond donors (Lipinski definition) is 1. The van der Waals surface area contributed by atoms with Crippen LogP contribution in [0.1, 0.15) is 56.8 Å². The number of nitrogens with one attached hydrogen (secondary N) is 1. The standard InChI is InChI=1S/C12H21N3OS/c1-9(13-2)12-14-11(15-16-12)8-17-10-6-4-3-5-7-10/h9-10,13H,3-8H2,1-2H3. The molecule has 17 heavy (non-hydrogen) atoms. The summed E-state index contributed by atoms with van der Waals surface area (Å²) in [6, 6.07) is 0.135. The molecule has 0 aromatic carbocycles. The minimum atomic E-state index is 0.135. The zero-order valence-corrected chi connectivity index (χ0v) is 11.4. The Kier molecular flexibility index (Phi) is 4.86. The fourth-order valence-corrected chi connectivity index (χ4v) is 3.22. The molecule has 2 rings (SSSR count). The van der Waals surface area contributed by atoms with Gasteiger partial charge in [0.2, 0.25) is 5.89 Å². The second-order valence-corrected chi connectivity index (χ2v) is 5.92. The Morgan fingerprint density at radius 1 is 1.41 bits per heavy atom. The third-order valence-electron chi connectivity index (χ3n) is 3.29. The first-order chi connectivity index (χ1) is 8.29. The summed E-state index contributed by atoms with van der Waals surface area (Å²) in [5, 5.41) is 7.92. The average Bonchev–Trinajstić information content (AvgIpc) is 2.85. The Morgan fingerprint density at radius 2 is 2.18 bits per heavy atom. The first-order valence-corrected chi connectivity index (χ1v) is 7.46. The fraction of sp³-hybridized carbons (Fsp3) is 0.833. The maximum absolute atomic E-state index is 5.22. The number of aromatic nitrogens is 2. The molecule has 0 radical (unpaired) electrons. The normalized spacial score (nSPS) is 19.4. The van der Waals surface area contributed by atoms with Crippen molar-refractivity contribution in [2.24, 2.45) is 0 Å². The molecule has 0 amide bonds. The van der Waals surface area contributed by atoms with Crippen molar-refractivity contribution >= 4 is 11.8 Å². The Balaban J connectivity index is 1.80. The van der Waals surface area contributed by atoms with Gasteiger partial charge in [-0.3, -0.25) is 0 Å². The van der Waals surface area contributed by atoms with Crippen molar-refractivity contribution < 1.29 is 4.52 Å². The summed E-state index contributed by atoms with van der Waals surface area (Å²) in [6.45, 7) is 2.02. The lowest BCUT2D eigenvalue weighted by Crippen LogP contribution is -2.12. The lowest BCUT2D eigenvalue weighted by Gasteiger charge is -2.19. The topological polar surface area (TPSA) is 51.0 Å². The van der Waals surface area contributed by atoms with Gasteiger partial charge in [-0.2, -0.15) is 16.7 Å². The van der Waals surface area contributed by atoms with Gasteiger partial charge in [-0.05, 0) is 26.8 Å². The maximum atomic E-state index is 5.22. The van der Waals surface area contributed by atoms with Crippen LogP contribution in [0.5, 0.6) is 0 Å². The monoisotopic (exact) mass is 255 g/mol. The van der Waals surface area contributed by atoms with E-state index in [0.29, 0.717) is 5.89 Å². The Labute approximate surface area is 107 Å². The lowest BCUT2D eigenvalue weighted by molar-refractivity contribution is 0.344. The molecule has 1 heterocycles. The van der Waals surface area contributed by atoms with E-state index < -0.39 is 0 Å². The van der Waals surface area contributed by atoms with Gasteiger partial charge in [-0.1, -0.05) is 24.4 Å². The minimum Gasteiger partial charge on any atom is -0.338 e. The first kappa shape index (κ1) is 12.9. The van der Waals surface area contributed by atoms with Crippen LogP contribution in [0.25, 0.3) is 0 Å². The van der Waals surface area contributed by atoms with Gasteiger partial charge in [0.05, 0.1) is 11.8 Å². The molecule has 0 aliphatic heterocycles. The van der Waals surface area contributed by atoms with Crippen LogP contribution in [0.15, 0.2) is 4.52 Å². The molecule has 0 saturated heterocycles. The van der Waals surface area contributed by atoms with E-state index in [0.717, 1.165) is 16.8 Å². The van der Waals surface area contributed by atoms with Crippen LogP contribution in [-0.4, -0.2) is 22.4 Å². The van der Waals surface area contributed by atoms with E-state index in [1.165, 1.54) is 32.1 Å². The van der Waals surface area contributed by atoms with E-state index in [4.69, 9.17) is 4.52 Å². The molecule has 1 aliphatic carbocycles. The summed E-state index contributed by atoms with van der Waals surface area (Å²) in [7, 11) is 1.89. The number of rotatable bonds is 5. The molecule has 0 spiro atoms. The van der Waals surface area contributed by atoms with Gasteiger partial charge < -0.3 is 9.84 Å². The molecule has 1 saturated carbocycles. The minimum absolute atomic E-state index is 0.135. The van der Waals surface area contributed by atoms with E-state index in [1.54, 1.807) is 0 Å². The van der Waals surface area contributed by atoms with Crippen LogP contribution in [-0.2, 0) is 5.75 Å². The van der Waals surface area contributed by atoms with E-state index in [-0.39, 0.29) is 6.04 Å². The third kappa shape index (κ3) is 3.71. The molecule has 1 aromatic heterocycles. The zero-order valence-electron chi connectivity index (χ0n) is 10.6. The number of thioether (sulfide) groups is 1. The van der Waals surface area contributed by atoms with Crippen LogP contribution in [0, 0.1) is 0 Å². The molecule has 1 aliphatic rings. The van der Waals surface area contributed by atoms with Crippen molar-refractivity contribution in [3.05, 3.63) is 11.7 Å². The maximum Gasteiger partial charge on any atom is 0.243 e. The van der Waals surface area contributed by atoms with Crippen LogP contribution in [0.4, 0.5) is 0 Å². The smallest absolute Gasteiger partial charge is 0.243 e. The summed E-state index contributed by atoms with van der Waals surface area (Å²) in [4.78, 5) is 4.40. The van der Waals surface area contributed by atoms with Gasteiger partial charge in [0.1, 0.15) is 0 Å². The van der Waals surface area contributed by atoms with Gasteiger partial charge in [-0.25, -0.2) is 0 Å². The van der Waals surface area contributed by atoms with Gasteiger partial charge >= 0.3 is 0 Å². The molecule has 4 nitrogen and oxygen atoms in total. The molecule has 1 unspecified atom stereocenters. The van der Waals surface area contributed by atoms with E-state index in [9.17, 15) is 0 Å². The van der Waals surface area contributed by atoms with E-state index >= 15 is 0 Å². The highest BCUT2D eigenvalue weighted by Gasteiger charge is 2.16. The third-order valence-corrected chi connectivity index (χ3v) is 4.66. The van der Waals surface area contributed by atoms with Crippen molar-refractivity contribution in [1.29, 1.82) is 0 Å². The highest BCUT2D eigenvalue weighted by atomic mass is 32.2. The Morgan fingerprint density at radius 3 is 2.88 bits per heavy atom. The average molecular weight is 255 g/mol. The molecule has 1 atom stereocenters. The molecule has 1 N–H and O–H groups in total. The molecular weight excluding hydrogens is 234 g/mol. The van der Waals surface area contributed by atoms with Gasteiger partial charge in [-0.15, -0.1) is 0 Å².